The maximum absolute atomic E-state index is 11.7. The van der Waals surface area contributed by atoms with E-state index in [1.807, 2.05) is 18.4 Å². The Bertz CT molecular complexity index is 366. The number of aryl methyl sites for hydroxylation is 1. The molecule has 1 aromatic heterocycles. The third-order valence-electron chi connectivity index (χ3n) is 2.14. The number of pyridine rings is 1. The Hall–Kier alpha value is -1.03. The molecule has 0 amide bonds. The fraction of sp³-hybridized carbons (Fsp3) is 0.500. The third-order valence-corrected chi connectivity index (χ3v) is 2.79. The molecule has 0 radical (unpaired) electrons. The summed E-state index contributed by atoms with van der Waals surface area (Å²) >= 11 is 1.58. The summed E-state index contributed by atoms with van der Waals surface area (Å²) in [6.45, 7) is 4.28. The molecule has 0 aliphatic heterocycles. The van der Waals surface area contributed by atoms with Crippen LogP contribution in [0.3, 0.4) is 0 Å². The van der Waals surface area contributed by atoms with E-state index in [2.05, 4.69) is 11.9 Å². The lowest BCUT2D eigenvalue weighted by Crippen LogP contribution is -2.10. The number of aromatic nitrogens is 1. The lowest BCUT2D eigenvalue weighted by Gasteiger charge is -2.08. The summed E-state index contributed by atoms with van der Waals surface area (Å²) in [5, 5.41) is 0.941. The molecule has 3 nitrogen and oxygen atoms in total. The molecule has 0 atom stereocenters. The second-order valence-electron chi connectivity index (χ2n) is 3.32. The largest absolute Gasteiger partial charge is 0.462 e. The van der Waals surface area contributed by atoms with E-state index >= 15 is 0 Å². The molecule has 0 N–H and O–H groups in total. The summed E-state index contributed by atoms with van der Waals surface area (Å²) in [5.41, 5.74) is 1.44. The van der Waals surface area contributed by atoms with Crippen LogP contribution in [0.5, 0.6) is 0 Å². The predicted molar refractivity (Wildman–Crippen MR) is 66.0 cm³/mol. The maximum atomic E-state index is 11.7. The normalized spacial score (nSPS) is 10.2. The van der Waals surface area contributed by atoms with Gasteiger partial charge >= 0.3 is 5.97 Å². The molecule has 1 heterocycles. The van der Waals surface area contributed by atoms with E-state index in [-0.39, 0.29) is 5.97 Å². The van der Waals surface area contributed by atoms with Gasteiger partial charge in [-0.05, 0) is 31.7 Å². The standard InChI is InChI=1S/C12H17NO2S/c1-4-6-10-9(12(14)15-5-2)7-8-11(13-10)16-3/h7-8H,4-6H2,1-3H3. The van der Waals surface area contributed by atoms with E-state index in [9.17, 15) is 4.79 Å². The number of ether oxygens (including phenoxy) is 1. The number of carbonyl (C=O) groups excluding carboxylic acids is 1. The second-order valence-corrected chi connectivity index (χ2v) is 4.14. The zero-order chi connectivity index (χ0) is 12.0. The average Bonchev–Trinajstić information content (AvgIpc) is 2.29. The van der Waals surface area contributed by atoms with Crippen LogP contribution in [0.25, 0.3) is 0 Å². The first-order chi connectivity index (χ1) is 7.72. The Balaban J connectivity index is 3.01. The van der Waals surface area contributed by atoms with Crippen molar-refractivity contribution in [2.24, 2.45) is 0 Å². The average molecular weight is 239 g/mol. The Labute approximate surface area is 101 Å². The number of carbonyl (C=O) groups is 1. The maximum Gasteiger partial charge on any atom is 0.339 e. The van der Waals surface area contributed by atoms with Crippen molar-refractivity contribution in [3.63, 3.8) is 0 Å². The zero-order valence-corrected chi connectivity index (χ0v) is 10.8. The van der Waals surface area contributed by atoms with Crippen LogP contribution in [0.2, 0.25) is 0 Å². The van der Waals surface area contributed by atoms with Crippen molar-refractivity contribution in [2.75, 3.05) is 12.9 Å². The summed E-state index contributed by atoms with van der Waals surface area (Å²) < 4.78 is 5.00. The van der Waals surface area contributed by atoms with Gasteiger partial charge in [0.15, 0.2) is 0 Å². The van der Waals surface area contributed by atoms with Crippen LogP contribution in [0, 0.1) is 0 Å². The van der Waals surface area contributed by atoms with Crippen molar-refractivity contribution in [3.8, 4) is 0 Å². The first-order valence-electron chi connectivity index (χ1n) is 5.43. The van der Waals surface area contributed by atoms with E-state index in [0.29, 0.717) is 12.2 Å². The Morgan fingerprint density at radius 1 is 1.44 bits per heavy atom. The predicted octanol–water partition coefficient (Wildman–Crippen LogP) is 2.93. The molecule has 0 aromatic carbocycles. The van der Waals surface area contributed by atoms with Gasteiger partial charge in [0, 0.05) is 0 Å². The molecule has 0 spiro atoms. The summed E-state index contributed by atoms with van der Waals surface area (Å²) in [5.74, 6) is -0.272. The monoisotopic (exact) mass is 239 g/mol. The van der Waals surface area contributed by atoms with Gasteiger partial charge in [0.05, 0.1) is 22.9 Å². The number of esters is 1. The Kier molecular flexibility index (Phi) is 5.32. The lowest BCUT2D eigenvalue weighted by atomic mass is 10.1. The minimum absolute atomic E-state index is 0.272. The van der Waals surface area contributed by atoms with Crippen molar-refractivity contribution < 1.29 is 9.53 Å². The second kappa shape index (κ2) is 6.53. The van der Waals surface area contributed by atoms with Gasteiger partial charge in [0.2, 0.25) is 0 Å². The summed E-state index contributed by atoms with van der Waals surface area (Å²) in [4.78, 5) is 16.1. The molecule has 0 aliphatic rings. The molecule has 1 aromatic rings. The van der Waals surface area contributed by atoms with Crippen LogP contribution in [-0.4, -0.2) is 23.8 Å². The van der Waals surface area contributed by atoms with Gasteiger partial charge < -0.3 is 4.74 Å². The van der Waals surface area contributed by atoms with Gasteiger partial charge in [-0.3, -0.25) is 0 Å². The molecule has 1 rings (SSSR count). The highest BCUT2D eigenvalue weighted by molar-refractivity contribution is 7.98. The molecule has 0 aliphatic carbocycles. The van der Waals surface area contributed by atoms with Crippen molar-refractivity contribution >= 4 is 17.7 Å². The van der Waals surface area contributed by atoms with E-state index in [1.165, 1.54) is 0 Å². The van der Waals surface area contributed by atoms with E-state index in [1.54, 1.807) is 18.7 Å². The van der Waals surface area contributed by atoms with E-state index in [4.69, 9.17) is 4.74 Å². The number of thioether (sulfide) groups is 1. The van der Waals surface area contributed by atoms with Crippen LogP contribution in [0.15, 0.2) is 17.2 Å². The van der Waals surface area contributed by atoms with Gasteiger partial charge in [0.25, 0.3) is 0 Å². The van der Waals surface area contributed by atoms with Crippen molar-refractivity contribution in [2.45, 2.75) is 31.7 Å². The first kappa shape index (κ1) is 13.0. The molecular formula is C12H17NO2S. The summed E-state index contributed by atoms with van der Waals surface area (Å²) in [7, 11) is 0. The van der Waals surface area contributed by atoms with Crippen molar-refractivity contribution in [3.05, 3.63) is 23.4 Å². The molecular weight excluding hydrogens is 222 g/mol. The third kappa shape index (κ3) is 3.23. The highest BCUT2D eigenvalue weighted by Gasteiger charge is 2.13. The molecule has 16 heavy (non-hydrogen) atoms. The Morgan fingerprint density at radius 2 is 2.19 bits per heavy atom. The SMILES string of the molecule is CCCc1nc(SC)ccc1C(=O)OCC. The van der Waals surface area contributed by atoms with Crippen molar-refractivity contribution in [1.82, 2.24) is 4.98 Å². The lowest BCUT2D eigenvalue weighted by molar-refractivity contribution is 0.0524. The number of hydrogen-bond acceptors (Lipinski definition) is 4. The number of nitrogens with zero attached hydrogens (tertiary/aromatic N) is 1. The van der Waals surface area contributed by atoms with Gasteiger partial charge in [-0.2, -0.15) is 0 Å². The minimum atomic E-state index is -0.272. The zero-order valence-electron chi connectivity index (χ0n) is 9.95. The topological polar surface area (TPSA) is 39.2 Å². The van der Waals surface area contributed by atoms with Gasteiger partial charge in [0.1, 0.15) is 0 Å². The van der Waals surface area contributed by atoms with Crippen LogP contribution in [-0.2, 0) is 11.2 Å². The highest BCUT2D eigenvalue weighted by atomic mass is 32.2. The molecule has 0 saturated heterocycles. The van der Waals surface area contributed by atoms with E-state index in [0.717, 1.165) is 23.6 Å². The van der Waals surface area contributed by atoms with Gasteiger partial charge in [-0.15, -0.1) is 11.8 Å². The minimum Gasteiger partial charge on any atom is -0.462 e. The van der Waals surface area contributed by atoms with Crippen LogP contribution in [0.4, 0.5) is 0 Å². The quantitative estimate of drug-likeness (QED) is 0.585. The molecule has 88 valence electrons. The van der Waals surface area contributed by atoms with Crippen molar-refractivity contribution in [1.29, 1.82) is 0 Å². The molecule has 0 bridgehead atoms. The van der Waals surface area contributed by atoms with Crippen LogP contribution < -0.4 is 0 Å². The van der Waals surface area contributed by atoms with E-state index < -0.39 is 0 Å². The molecule has 0 fully saturated rings. The van der Waals surface area contributed by atoms with Gasteiger partial charge in [-0.1, -0.05) is 13.3 Å². The summed E-state index contributed by atoms with van der Waals surface area (Å²) in [6, 6.07) is 3.66. The Morgan fingerprint density at radius 3 is 2.75 bits per heavy atom. The molecule has 0 unspecified atom stereocenters. The summed E-state index contributed by atoms with van der Waals surface area (Å²) in [6.07, 6.45) is 3.75. The number of hydrogen-bond donors (Lipinski definition) is 0. The molecule has 4 heteroatoms. The number of rotatable bonds is 5. The fourth-order valence-electron chi connectivity index (χ4n) is 1.42. The molecule has 0 saturated carbocycles. The van der Waals surface area contributed by atoms with Gasteiger partial charge in [-0.25, -0.2) is 9.78 Å². The fourth-order valence-corrected chi connectivity index (χ4v) is 1.82. The first-order valence-corrected chi connectivity index (χ1v) is 6.66. The van der Waals surface area contributed by atoms with Crippen LogP contribution >= 0.6 is 11.8 Å². The highest BCUT2D eigenvalue weighted by Crippen LogP contribution is 2.17. The smallest absolute Gasteiger partial charge is 0.339 e. The van der Waals surface area contributed by atoms with Crippen LogP contribution in [0.1, 0.15) is 36.3 Å².